The molecule has 6 heteroatoms. The standard InChI is InChI=1S/C15H18N2O2S2/c1-11-10-17(7-8-20-11)21(18,19)15-4-2-3-12-9-13(16)5-6-14(12)15/h2-6,9,11H,7-8,10,16H2,1H3. The summed E-state index contributed by atoms with van der Waals surface area (Å²) < 4.78 is 27.4. The summed E-state index contributed by atoms with van der Waals surface area (Å²) in [7, 11) is -3.46. The molecule has 0 spiro atoms. The molecule has 0 amide bonds. The zero-order valence-corrected chi connectivity index (χ0v) is 13.5. The van der Waals surface area contributed by atoms with E-state index < -0.39 is 10.0 Å². The molecule has 1 aliphatic heterocycles. The molecule has 2 aromatic rings. The fourth-order valence-electron chi connectivity index (χ4n) is 2.64. The van der Waals surface area contributed by atoms with E-state index in [1.54, 1.807) is 28.6 Å². The predicted molar refractivity (Wildman–Crippen MR) is 89.0 cm³/mol. The number of fused-ring (bicyclic) bond motifs is 1. The van der Waals surface area contributed by atoms with Crippen molar-refractivity contribution in [2.75, 3.05) is 24.6 Å². The predicted octanol–water partition coefficient (Wildman–Crippen LogP) is 2.55. The summed E-state index contributed by atoms with van der Waals surface area (Å²) in [5, 5.41) is 1.92. The van der Waals surface area contributed by atoms with Gasteiger partial charge in [-0.2, -0.15) is 16.1 Å². The molecule has 4 nitrogen and oxygen atoms in total. The second-order valence-electron chi connectivity index (χ2n) is 5.28. The van der Waals surface area contributed by atoms with Crippen LogP contribution in [0, 0.1) is 0 Å². The van der Waals surface area contributed by atoms with Crippen LogP contribution in [-0.2, 0) is 10.0 Å². The summed E-state index contributed by atoms with van der Waals surface area (Å²) in [6.45, 7) is 3.21. The molecule has 0 saturated carbocycles. The molecule has 112 valence electrons. The van der Waals surface area contributed by atoms with Crippen LogP contribution in [0.2, 0.25) is 0 Å². The molecular weight excluding hydrogens is 304 g/mol. The summed E-state index contributed by atoms with van der Waals surface area (Å²) in [6, 6.07) is 10.7. The molecule has 3 rings (SSSR count). The fourth-order valence-corrected chi connectivity index (χ4v) is 5.61. The minimum Gasteiger partial charge on any atom is -0.399 e. The van der Waals surface area contributed by atoms with Crippen LogP contribution in [0.4, 0.5) is 5.69 Å². The highest BCUT2D eigenvalue weighted by molar-refractivity contribution is 8.00. The molecule has 0 radical (unpaired) electrons. The van der Waals surface area contributed by atoms with Gasteiger partial charge in [-0.3, -0.25) is 0 Å². The van der Waals surface area contributed by atoms with Crippen LogP contribution < -0.4 is 5.73 Å². The topological polar surface area (TPSA) is 63.4 Å². The van der Waals surface area contributed by atoms with Crippen molar-refractivity contribution < 1.29 is 8.42 Å². The average Bonchev–Trinajstić information content (AvgIpc) is 2.46. The molecule has 1 aliphatic rings. The number of thioether (sulfide) groups is 1. The highest BCUT2D eigenvalue weighted by Crippen LogP contribution is 2.29. The van der Waals surface area contributed by atoms with E-state index in [4.69, 9.17) is 5.73 Å². The Labute approximate surface area is 129 Å². The Morgan fingerprint density at radius 1 is 1.29 bits per heavy atom. The number of nitrogens with zero attached hydrogens (tertiary/aromatic N) is 1. The summed E-state index contributed by atoms with van der Waals surface area (Å²) in [5.74, 6) is 0.845. The Bertz CT molecular complexity index is 774. The Morgan fingerprint density at radius 3 is 2.86 bits per heavy atom. The first-order valence-corrected chi connectivity index (χ1v) is 9.37. The lowest BCUT2D eigenvalue weighted by Crippen LogP contribution is -2.41. The third-order valence-corrected chi connectivity index (χ3v) is 6.75. The third-order valence-electron chi connectivity index (χ3n) is 3.69. The number of hydrogen-bond acceptors (Lipinski definition) is 4. The smallest absolute Gasteiger partial charge is 0.243 e. The molecule has 0 bridgehead atoms. The van der Waals surface area contributed by atoms with Crippen molar-refractivity contribution in [2.24, 2.45) is 0 Å². The number of sulfonamides is 1. The van der Waals surface area contributed by atoms with Crippen LogP contribution >= 0.6 is 11.8 Å². The van der Waals surface area contributed by atoms with Crippen molar-refractivity contribution in [3.8, 4) is 0 Å². The first kappa shape index (κ1) is 14.7. The fraction of sp³-hybridized carbons (Fsp3) is 0.333. The van der Waals surface area contributed by atoms with Crippen LogP contribution in [0.25, 0.3) is 10.8 Å². The molecule has 2 aromatic carbocycles. The second kappa shape index (κ2) is 5.51. The third kappa shape index (κ3) is 2.75. The molecule has 0 aromatic heterocycles. The van der Waals surface area contributed by atoms with Crippen LogP contribution in [0.1, 0.15) is 6.92 Å². The number of hydrogen-bond donors (Lipinski definition) is 1. The first-order chi connectivity index (χ1) is 9.98. The van der Waals surface area contributed by atoms with Gasteiger partial charge < -0.3 is 5.73 Å². The maximum absolute atomic E-state index is 12.9. The Hall–Kier alpha value is -1.24. The maximum atomic E-state index is 12.9. The van der Waals surface area contributed by atoms with Gasteiger partial charge in [0.25, 0.3) is 0 Å². The second-order valence-corrected chi connectivity index (χ2v) is 8.73. The summed E-state index contributed by atoms with van der Waals surface area (Å²) in [4.78, 5) is 0.374. The number of nitrogens with two attached hydrogens (primary N) is 1. The molecule has 1 atom stereocenters. The number of anilines is 1. The number of benzene rings is 2. The van der Waals surface area contributed by atoms with Gasteiger partial charge in [0, 0.05) is 35.2 Å². The molecule has 0 aliphatic carbocycles. The lowest BCUT2D eigenvalue weighted by atomic mass is 10.1. The molecule has 1 fully saturated rings. The number of rotatable bonds is 2. The zero-order chi connectivity index (χ0) is 15.0. The molecule has 1 heterocycles. The highest BCUT2D eigenvalue weighted by atomic mass is 32.2. The van der Waals surface area contributed by atoms with Gasteiger partial charge in [-0.15, -0.1) is 0 Å². The SMILES string of the molecule is CC1CN(S(=O)(=O)c2cccc3cc(N)ccc23)CCS1. The minimum absolute atomic E-state index is 0.333. The summed E-state index contributed by atoms with van der Waals surface area (Å²) in [5.41, 5.74) is 6.42. The van der Waals surface area contributed by atoms with E-state index in [-0.39, 0.29) is 0 Å². The highest BCUT2D eigenvalue weighted by Gasteiger charge is 2.30. The van der Waals surface area contributed by atoms with E-state index in [2.05, 4.69) is 6.92 Å². The van der Waals surface area contributed by atoms with E-state index >= 15 is 0 Å². The monoisotopic (exact) mass is 322 g/mol. The quantitative estimate of drug-likeness (QED) is 0.863. The van der Waals surface area contributed by atoms with Crippen molar-refractivity contribution in [3.05, 3.63) is 36.4 Å². The van der Waals surface area contributed by atoms with Gasteiger partial charge in [-0.1, -0.05) is 25.1 Å². The van der Waals surface area contributed by atoms with Crippen molar-refractivity contribution in [3.63, 3.8) is 0 Å². The van der Waals surface area contributed by atoms with Crippen molar-refractivity contribution in [1.82, 2.24) is 4.31 Å². The minimum atomic E-state index is -3.46. The van der Waals surface area contributed by atoms with Crippen molar-refractivity contribution in [2.45, 2.75) is 17.1 Å². The molecule has 2 N–H and O–H groups in total. The van der Waals surface area contributed by atoms with E-state index in [9.17, 15) is 8.42 Å². The van der Waals surface area contributed by atoms with Gasteiger partial charge >= 0.3 is 0 Å². The lowest BCUT2D eigenvalue weighted by molar-refractivity contribution is 0.425. The largest absolute Gasteiger partial charge is 0.399 e. The van der Waals surface area contributed by atoms with Crippen molar-refractivity contribution >= 4 is 38.2 Å². The van der Waals surface area contributed by atoms with Gasteiger partial charge in [-0.05, 0) is 23.6 Å². The summed E-state index contributed by atoms with van der Waals surface area (Å²) >= 11 is 1.82. The van der Waals surface area contributed by atoms with E-state index in [0.29, 0.717) is 28.9 Å². The van der Waals surface area contributed by atoms with Crippen molar-refractivity contribution in [1.29, 1.82) is 0 Å². The molecule has 21 heavy (non-hydrogen) atoms. The number of nitrogen functional groups attached to an aromatic ring is 1. The lowest BCUT2D eigenvalue weighted by Gasteiger charge is -2.30. The van der Waals surface area contributed by atoms with E-state index in [0.717, 1.165) is 16.5 Å². The zero-order valence-electron chi connectivity index (χ0n) is 11.8. The van der Waals surface area contributed by atoms with E-state index in [1.807, 2.05) is 23.9 Å². The van der Waals surface area contributed by atoms with Crippen LogP contribution in [-0.4, -0.2) is 36.8 Å². The first-order valence-electron chi connectivity index (χ1n) is 6.88. The Morgan fingerprint density at radius 2 is 2.10 bits per heavy atom. The van der Waals surface area contributed by atoms with Gasteiger partial charge in [0.05, 0.1) is 4.90 Å². The maximum Gasteiger partial charge on any atom is 0.243 e. The Balaban J connectivity index is 2.10. The molecule has 1 unspecified atom stereocenters. The van der Waals surface area contributed by atoms with E-state index in [1.165, 1.54) is 0 Å². The van der Waals surface area contributed by atoms with Crippen LogP contribution in [0.15, 0.2) is 41.3 Å². The normalized spacial score (nSPS) is 20.7. The average molecular weight is 322 g/mol. The Kier molecular flexibility index (Phi) is 3.86. The molecule has 1 saturated heterocycles. The van der Waals surface area contributed by atoms with Gasteiger partial charge in [0.15, 0.2) is 0 Å². The summed E-state index contributed by atoms with van der Waals surface area (Å²) in [6.07, 6.45) is 0. The van der Waals surface area contributed by atoms with Gasteiger partial charge in [0.2, 0.25) is 10.0 Å². The van der Waals surface area contributed by atoms with Crippen LogP contribution in [0.5, 0.6) is 0 Å². The van der Waals surface area contributed by atoms with Gasteiger partial charge in [-0.25, -0.2) is 8.42 Å². The van der Waals surface area contributed by atoms with Crippen LogP contribution in [0.3, 0.4) is 0 Å². The van der Waals surface area contributed by atoms with Gasteiger partial charge in [0.1, 0.15) is 0 Å². The molecular formula is C15H18N2O2S2.